The highest BCUT2D eigenvalue weighted by atomic mass is 16.3. The summed E-state index contributed by atoms with van der Waals surface area (Å²) < 4.78 is 5.40. The first-order valence-electron chi connectivity index (χ1n) is 6.63. The van der Waals surface area contributed by atoms with Crippen LogP contribution in [-0.4, -0.2) is 6.54 Å². The predicted octanol–water partition coefficient (Wildman–Crippen LogP) is 3.90. The van der Waals surface area contributed by atoms with Gasteiger partial charge in [0.1, 0.15) is 5.76 Å². The second kappa shape index (κ2) is 6.09. The first-order valence-corrected chi connectivity index (χ1v) is 6.63. The lowest BCUT2D eigenvalue weighted by atomic mass is 10.00. The van der Waals surface area contributed by atoms with Crippen LogP contribution in [0.3, 0.4) is 0 Å². The molecule has 0 aliphatic heterocycles. The van der Waals surface area contributed by atoms with E-state index in [0.29, 0.717) is 6.04 Å². The van der Waals surface area contributed by atoms with Crippen molar-refractivity contribution in [3.8, 4) is 0 Å². The Balaban J connectivity index is 1.73. The van der Waals surface area contributed by atoms with E-state index >= 15 is 0 Å². The van der Waals surface area contributed by atoms with Crippen LogP contribution in [-0.2, 0) is 0 Å². The van der Waals surface area contributed by atoms with E-state index in [2.05, 4.69) is 12.2 Å². The summed E-state index contributed by atoms with van der Waals surface area (Å²) in [5, 5.41) is 3.59. The molecule has 2 nitrogen and oxygen atoms in total. The van der Waals surface area contributed by atoms with Crippen LogP contribution in [0.25, 0.3) is 0 Å². The lowest BCUT2D eigenvalue weighted by Crippen LogP contribution is -2.25. The Kier molecular flexibility index (Phi) is 4.46. The minimum absolute atomic E-state index is 0.346. The molecule has 0 unspecified atom stereocenters. The van der Waals surface area contributed by atoms with Crippen LogP contribution in [0.2, 0.25) is 0 Å². The Morgan fingerprint density at radius 1 is 1.31 bits per heavy atom. The summed E-state index contributed by atoms with van der Waals surface area (Å²) in [4.78, 5) is 0. The zero-order chi connectivity index (χ0) is 11.2. The van der Waals surface area contributed by atoms with Gasteiger partial charge in [0.25, 0.3) is 0 Å². The number of nitrogens with one attached hydrogen (secondary N) is 1. The molecule has 1 heterocycles. The first-order chi connectivity index (χ1) is 7.86. The van der Waals surface area contributed by atoms with Crippen molar-refractivity contribution in [2.24, 2.45) is 5.92 Å². The molecule has 0 spiro atoms. The molecule has 1 N–H and O–H groups in total. The quantitative estimate of drug-likeness (QED) is 0.780. The fraction of sp³-hybridized carbons (Fsp3) is 0.714. The first kappa shape index (κ1) is 11.7. The standard InChI is InChI=1S/C14H23NO/c1-12(14-9-6-10-16-14)15-11-13-7-4-2-3-5-8-13/h6,9-10,12-13,15H,2-5,7-8,11H2,1H3/t12-/m1/s1. The molecule has 16 heavy (non-hydrogen) atoms. The van der Waals surface area contributed by atoms with Crippen LogP contribution >= 0.6 is 0 Å². The van der Waals surface area contributed by atoms with Crippen LogP contribution < -0.4 is 5.32 Å². The summed E-state index contributed by atoms with van der Waals surface area (Å²) in [5.41, 5.74) is 0. The summed E-state index contributed by atoms with van der Waals surface area (Å²) in [5.74, 6) is 1.92. The second-order valence-corrected chi connectivity index (χ2v) is 5.00. The molecule has 0 amide bonds. The fourth-order valence-electron chi connectivity index (χ4n) is 2.55. The molecule has 1 aromatic heterocycles. The van der Waals surface area contributed by atoms with Crippen LogP contribution in [0.5, 0.6) is 0 Å². The summed E-state index contributed by atoms with van der Waals surface area (Å²) >= 11 is 0. The third-order valence-corrected chi connectivity index (χ3v) is 3.66. The molecule has 0 aromatic carbocycles. The molecule has 1 fully saturated rings. The minimum Gasteiger partial charge on any atom is -0.468 e. The maximum atomic E-state index is 5.40. The van der Waals surface area contributed by atoms with Gasteiger partial charge in [0.15, 0.2) is 0 Å². The highest BCUT2D eigenvalue weighted by Gasteiger charge is 2.14. The van der Waals surface area contributed by atoms with E-state index in [-0.39, 0.29) is 0 Å². The molecule has 0 radical (unpaired) electrons. The Labute approximate surface area is 98.4 Å². The van der Waals surface area contributed by atoms with Gasteiger partial charge in [-0.3, -0.25) is 0 Å². The van der Waals surface area contributed by atoms with Gasteiger partial charge in [-0.15, -0.1) is 0 Å². The molecule has 0 saturated heterocycles. The summed E-state index contributed by atoms with van der Waals surface area (Å²) in [6.45, 7) is 3.32. The van der Waals surface area contributed by atoms with Gasteiger partial charge >= 0.3 is 0 Å². The average Bonchev–Trinajstić information content (AvgIpc) is 2.71. The van der Waals surface area contributed by atoms with Gasteiger partial charge in [-0.25, -0.2) is 0 Å². The van der Waals surface area contributed by atoms with Crippen molar-refractivity contribution in [3.05, 3.63) is 24.2 Å². The highest BCUT2D eigenvalue weighted by molar-refractivity contribution is 5.02. The van der Waals surface area contributed by atoms with E-state index in [0.717, 1.165) is 18.2 Å². The molecular weight excluding hydrogens is 198 g/mol. The molecular formula is C14H23NO. The molecule has 1 aliphatic carbocycles. The third-order valence-electron chi connectivity index (χ3n) is 3.66. The summed E-state index contributed by atoms with van der Waals surface area (Å²) in [6, 6.07) is 4.35. The van der Waals surface area contributed by atoms with Crippen molar-refractivity contribution in [1.29, 1.82) is 0 Å². The molecule has 1 aliphatic rings. The normalized spacial score (nSPS) is 20.6. The maximum Gasteiger partial charge on any atom is 0.120 e. The topological polar surface area (TPSA) is 25.2 Å². The van der Waals surface area contributed by atoms with Crippen LogP contribution in [0.4, 0.5) is 0 Å². The van der Waals surface area contributed by atoms with Gasteiger partial charge in [0.2, 0.25) is 0 Å². The zero-order valence-electron chi connectivity index (χ0n) is 10.2. The van der Waals surface area contributed by atoms with E-state index in [1.165, 1.54) is 38.5 Å². The Hall–Kier alpha value is -0.760. The van der Waals surface area contributed by atoms with Gasteiger partial charge in [0.05, 0.1) is 12.3 Å². The van der Waals surface area contributed by atoms with Crippen LogP contribution in [0.15, 0.2) is 22.8 Å². The van der Waals surface area contributed by atoms with E-state index < -0.39 is 0 Å². The highest BCUT2D eigenvalue weighted by Crippen LogP contribution is 2.23. The zero-order valence-corrected chi connectivity index (χ0v) is 10.2. The Morgan fingerprint density at radius 3 is 2.69 bits per heavy atom. The van der Waals surface area contributed by atoms with Crippen molar-refractivity contribution >= 4 is 0 Å². The van der Waals surface area contributed by atoms with Crippen molar-refractivity contribution in [2.45, 2.75) is 51.5 Å². The number of hydrogen-bond donors (Lipinski definition) is 1. The molecule has 0 bridgehead atoms. The summed E-state index contributed by atoms with van der Waals surface area (Å²) in [6.07, 6.45) is 10.3. The molecule has 1 atom stereocenters. The van der Waals surface area contributed by atoms with E-state index in [4.69, 9.17) is 4.42 Å². The van der Waals surface area contributed by atoms with Gasteiger partial charge < -0.3 is 9.73 Å². The van der Waals surface area contributed by atoms with Gasteiger partial charge in [-0.1, -0.05) is 25.7 Å². The fourth-order valence-corrected chi connectivity index (χ4v) is 2.55. The maximum absolute atomic E-state index is 5.40. The van der Waals surface area contributed by atoms with Gasteiger partial charge in [-0.05, 0) is 44.4 Å². The third kappa shape index (κ3) is 3.38. The number of rotatable bonds is 4. The van der Waals surface area contributed by atoms with Crippen molar-refractivity contribution in [1.82, 2.24) is 5.32 Å². The molecule has 2 rings (SSSR count). The van der Waals surface area contributed by atoms with Gasteiger partial charge in [-0.2, -0.15) is 0 Å². The molecule has 2 heteroatoms. The SMILES string of the molecule is C[C@@H](NCC1CCCCCC1)c1ccco1. The Bertz CT molecular complexity index is 273. The minimum atomic E-state index is 0.346. The lowest BCUT2D eigenvalue weighted by Gasteiger charge is -2.18. The predicted molar refractivity (Wildman–Crippen MR) is 66.3 cm³/mol. The second-order valence-electron chi connectivity index (χ2n) is 5.00. The summed E-state index contributed by atoms with van der Waals surface area (Å²) in [7, 11) is 0. The van der Waals surface area contributed by atoms with Crippen molar-refractivity contribution < 1.29 is 4.42 Å². The van der Waals surface area contributed by atoms with E-state index in [1.54, 1.807) is 6.26 Å². The van der Waals surface area contributed by atoms with Crippen LogP contribution in [0.1, 0.15) is 57.3 Å². The molecule has 1 aromatic rings. The molecule has 1 saturated carbocycles. The van der Waals surface area contributed by atoms with Crippen LogP contribution in [0, 0.1) is 5.92 Å². The number of furan rings is 1. The Morgan fingerprint density at radius 2 is 2.06 bits per heavy atom. The lowest BCUT2D eigenvalue weighted by molar-refractivity contribution is 0.371. The van der Waals surface area contributed by atoms with E-state index in [1.807, 2.05) is 12.1 Å². The largest absolute Gasteiger partial charge is 0.468 e. The average molecular weight is 221 g/mol. The van der Waals surface area contributed by atoms with E-state index in [9.17, 15) is 0 Å². The number of hydrogen-bond acceptors (Lipinski definition) is 2. The monoisotopic (exact) mass is 221 g/mol. The van der Waals surface area contributed by atoms with Gasteiger partial charge in [0, 0.05) is 0 Å². The van der Waals surface area contributed by atoms with Crippen molar-refractivity contribution in [2.75, 3.05) is 6.54 Å². The smallest absolute Gasteiger partial charge is 0.120 e. The van der Waals surface area contributed by atoms with Crippen molar-refractivity contribution in [3.63, 3.8) is 0 Å². The molecule has 90 valence electrons.